The molecule has 0 spiro atoms. The van der Waals surface area contributed by atoms with Gasteiger partial charge < -0.3 is 10.1 Å². The zero-order valence-corrected chi connectivity index (χ0v) is 14.9. The highest BCUT2D eigenvalue weighted by Gasteiger charge is 2.03. The van der Waals surface area contributed by atoms with Gasteiger partial charge in [-0.05, 0) is 55.2 Å². The lowest BCUT2D eigenvalue weighted by atomic mass is 10.1. The van der Waals surface area contributed by atoms with Crippen LogP contribution in [0.1, 0.15) is 24.5 Å². The number of hydrogen-bond donors (Lipinski definition) is 1. The summed E-state index contributed by atoms with van der Waals surface area (Å²) in [4.78, 5) is 11.9. The summed E-state index contributed by atoms with van der Waals surface area (Å²) < 4.78 is 6.42. The Bertz CT molecular complexity index is 626. The van der Waals surface area contributed by atoms with Crippen LogP contribution in [-0.4, -0.2) is 19.1 Å². The third-order valence-electron chi connectivity index (χ3n) is 3.45. The van der Waals surface area contributed by atoms with Crippen molar-refractivity contribution in [1.29, 1.82) is 0 Å². The molecule has 0 aliphatic rings. The number of benzene rings is 2. The Hall–Kier alpha value is -1.81. The van der Waals surface area contributed by atoms with Crippen LogP contribution in [0.3, 0.4) is 0 Å². The van der Waals surface area contributed by atoms with E-state index in [1.165, 1.54) is 5.56 Å². The first-order valence-electron chi connectivity index (χ1n) is 7.90. The number of nitrogens with one attached hydrogen (secondary N) is 1. The average molecular weight is 376 g/mol. The molecule has 0 bridgehead atoms. The van der Waals surface area contributed by atoms with Crippen LogP contribution >= 0.6 is 15.9 Å². The van der Waals surface area contributed by atoms with Gasteiger partial charge in [0.05, 0.1) is 13.0 Å². The van der Waals surface area contributed by atoms with Crippen molar-refractivity contribution in [3.8, 4) is 5.75 Å². The molecule has 0 aliphatic carbocycles. The number of ether oxygens (including phenoxy) is 1. The Morgan fingerprint density at radius 3 is 2.61 bits per heavy atom. The molecule has 0 fully saturated rings. The molecular weight excluding hydrogens is 354 g/mol. The Morgan fingerprint density at radius 1 is 1.13 bits per heavy atom. The van der Waals surface area contributed by atoms with Gasteiger partial charge in [-0.2, -0.15) is 0 Å². The third-order valence-corrected chi connectivity index (χ3v) is 3.95. The van der Waals surface area contributed by atoms with E-state index in [0.717, 1.165) is 28.6 Å². The van der Waals surface area contributed by atoms with E-state index in [2.05, 4.69) is 33.4 Å². The maximum Gasteiger partial charge on any atom is 0.224 e. The average Bonchev–Trinajstić information content (AvgIpc) is 2.53. The summed E-state index contributed by atoms with van der Waals surface area (Å²) in [7, 11) is 0. The monoisotopic (exact) mass is 375 g/mol. The summed E-state index contributed by atoms with van der Waals surface area (Å²) >= 11 is 3.42. The second-order valence-corrected chi connectivity index (χ2v) is 6.25. The molecule has 2 aromatic rings. The first-order valence-corrected chi connectivity index (χ1v) is 8.69. The van der Waals surface area contributed by atoms with Crippen molar-refractivity contribution >= 4 is 21.8 Å². The number of carbonyl (C=O) groups excluding carboxylic acids is 1. The van der Waals surface area contributed by atoms with Crippen LogP contribution in [0.5, 0.6) is 5.75 Å². The smallest absolute Gasteiger partial charge is 0.224 e. The molecule has 0 aliphatic heterocycles. The molecule has 0 saturated carbocycles. The number of carbonyl (C=O) groups is 1. The van der Waals surface area contributed by atoms with E-state index in [4.69, 9.17) is 4.74 Å². The summed E-state index contributed by atoms with van der Waals surface area (Å²) in [5.74, 6) is 0.966. The van der Waals surface area contributed by atoms with E-state index in [-0.39, 0.29) is 5.91 Å². The minimum absolute atomic E-state index is 0.0646. The summed E-state index contributed by atoms with van der Waals surface area (Å²) in [5.41, 5.74) is 2.28. The molecule has 0 radical (unpaired) electrons. The van der Waals surface area contributed by atoms with Gasteiger partial charge in [0.1, 0.15) is 5.75 Å². The Morgan fingerprint density at radius 2 is 1.91 bits per heavy atom. The van der Waals surface area contributed by atoms with Crippen LogP contribution in [0.4, 0.5) is 0 Å². The Labute approximate surface area is 146 Å². The van der Waals surface area contributed by atoms with Gasteiger partial charge in [-0.15, -0.1) is 0 Å². The van der Waals surface area contributed by atoms with E-state index in [1.54, 1.807) is 0 Å². The number of halogens is 1. The van der Waals surface area contributed by atoms with Crippen LogP contribution in [0.2, 0.25) is 0 Å². The summed E-state index contributed by atoms with van der Waals surface area (Å²) in [5, 5.41) is 2.97. The fourth-order valence-electron chi connectivity index (χ4n) is 2.33. The zero-order chi connectivity index (χ0) is 16.5. The molecule has 0 unspecified atom stereocenters. The second kappa shape index (κ2) is 9.36. The largest absolute Gasteiger partial charge is 0.494 e. The Kier molecular flexibility index (Phi) is 7.14. The molecule has 1 amide bonds. The van der Waals surface area contributed by atoms with E-state index < -0.39 is 0 Å². The van der Waals surface area contributed by atoms with E-state index in [0.29, 0.717) is 19.6 Å². The number of amides is 1. The normalized spacial score (nSPS) is 10.3. The van der Waals surface area contributed by atoms with Crippen LogP contribution in [0.15, 0.2) is 53.0 Å². The van der Waals surface area contributed by atoms with E-state index in [1.807, 2.05) is 43.3 Å². The second-order valence-electron chi connectivity index (χ2n) is 5.34. The van der Waals surface area contributed by atoms with Crippen molar-refractivity contribution in [3.63, 3.8) is 0 Å². The summed E-state index contributed by atoms with van der Waals surface area (Å²) in [6.07, 6.45) is 2.30. The molecule has 2 rings (SSSR count). The minimum Gasteiger partial charge on any atom is -0.494 e. The molecule has 122 valence electrons. The van der Waals surface area contributed by atoms with E-state index in [9.17, 15) is 4.79 Å². The van der Waals surface area contributed by atoms with Crippen molar-refractivity contribution in [2.45, 2.75) is 26.2 Å². The van der Waals surface area contributed by atoms with E-state index >= 15 is 0 Å². The molecule has 3 nitrogen and oxygen atoms in total. The molecule has 0 heterocycles. The molecule has 2 aromatic carbocycles. The van der Waals surface area contributed by atoms with Crippen molar-refractivity contribution < 1.29 is 9.53 Å². The lowest BCUT2D eigenvalue weighted by Gasteiger charge is -2.07. The van der Waals surface area contributed by atoms with Gasteiger partial charge in [0.2, 0.25) is 5.91 Å². The topological polar surface area (TPSA) is 38.3 Å². The highest BCUT2D eigenvalue weighted by Crippen LogP contribution is 2.13. The number of hydrogen-bond acceptors (Lipinski definition) is 2. The summed E-state index contributed by atoms with van der Waals surface area (Å²) in [6, 6.07) is 16.0. The van der Waals surface area contributed by atoms with Crippen LogP contribution in [-0.2, 0) is 17.6 Å². The zero-order valence-electron chi connectivity index (χ0n) is 13.3. The first kappa shape index (κ1) is 17.5. The molecule has 0 aromatic heterocycles. The fourth-order valence-corrected chi connectivity index (χ4v) is 2.78. The highest BCUT2D eigenvalue weighted by atomic mass is 79.9. The third kappa shape index (κ3) is 6.45. The number of rotatable bonds is 8. The van der Waals surface area contributed by atoms with Gasteiger partial charge in [-0.25, -0.2) is 0 Å². The maximum absolute atomic E-state index is 11.9. The predicted molar refractivity (Wildman–Crippen MR) is 96.8 cm³/mol. The van der Waals surface area contributed by atoms with Gasteiger partial charge >= 0.3 is 0 Å². The highest BCUT2D eigenvalue weighted by molar-refractivity contribution is 9.10. The summed E-state index contributed by atoms with van der Waals surface area (Å²) in [6.45, 7) is 3.36. The molecule has 23 heavy (non-hydrogen) atoms. The quantitative estimate of drug-likeness (QED) is 0.704. The molecular formula is C19H22BrNO2. The standard InChI is InChI=1S/C19H22BrNO2/c1-2-23-18-10-8-15(9-11-18)6-4-12-21-19(22)14-16-5-3-7-17(20)13-16/h3,5,7-11,13H,2,4,6,12,14H2,1H3,(H,21,22). The molecule has 0 saturated heterocycles. The molecule has 0 atom stereocenters. The first-order chi connectivity index (χ1) is 11.2. The number of aryl methyl sites for hydroxylation is 1. The van der Waals surface area contributed by atoms with Crippen LogP contribution < -0.4 is 10.1 Å². The van der Waals surface area contributed by atoms with Crippen molar-refractivity contribution in [3.05, 3.63) is 64.1 Å². The lowest BCUT2D eigenvalue weighted by molar-refractivity contribution is -0.120. The van der Waals surface area contributed by atoms with Gasteiger partial charge in [0.15, 0.2) is 0 Å². The van der Waals surface area contributed by atoms with Crippen LogP contribution in [0, 0.1) is 0 Å². The predicted octanol–water partition coefficient (Wildman–Crippen LogP) is 4.14. The van der Waals surface area contributed by atoms with Crippen molar-refractivity contribution in [1.82, 2.24) is 5.32 Å². The fraction of sp³-hybridized carbons (Fsp3) is 0.316. The maximum atomic E-state index is 11.9. The molecule has 4 heteroatoms. The van der Waals surface area contributed by atoms with Crippen molar-refractivity contribution in [2.24, 2.45) is 0 Å². The van der Waals surface area contributed by atoms with Crippen LogP contribution in [0.25, 0.3) is 0 Å². The van der Waals surface area contributed by atoms with Gasteiger partial charge in [-0.1, -0.05) is 40.2 Å². The van der Waals surface area contributed by atoms with Crippen molar-refractivity contribution in [2.75, 3.05) is 13.2 Å². The Balaban J connectivity index is 1.67. The van der Waals surface area contributed by atoms with Gasteiger partial charge in [0.25, 0.3) is 0 Å². The molecule has 1 N–H and O–H groups in total. The lowest BCUT2D eigenvalue weighted by Crippen LogP contribution is -2.26. The SMILES string of the molecule is CCOc1ccc(CCCNC(=O)Cc2cccc(Br)c2)cc1. The van der Waals surface area contributed by atoms with Gasteiger partial charge in [-0.3, -0.25) is 4.79 Å². The minimum atomic E-state index is 0.0646. The van der Waals surface area contributed by atoms with Gasteiger partial charge in [0, 0.05) is 11.0 Å².